The largest absolute Gasteiger partial charge is 0.462 e. The van der Waals surface area contributed by atoms with Crippen molar-refractivity contribution >= 4 is 22.1 Å². The standard InChI is InChI=1S/C49H80O12S/c1-3-5-7-9-11-13-15-17-19-20-21-22-24-25-27-29-31-33-35-37-44(50)58-39-42(40-59-49-48(54)47(53)46(52)43(61-49)41-62(55,56)57)60-45(51)38-36-34-32-30-28-26-23-18-16-14-12-10-8-6-4-2/h11,13-14,16-19,21-23,25,27,31,33,42-43,46-49,52-54H,3-10,12,15,20,24,26,28-30,32,34-41H2,1-2H3,(H,55,56,57)/b13-11+,16-14+,19-17+,22-21+,23-18+,27-25+,33-31+/t42-,43-,46-,47?,48?,49+/m1/s1. The Morgan fingerprint density at radius 2 is 1.05 bits per heavy atom. The highest BCUT2D eigenvalue weighted by Crippen LogP contribution is 2.24. The van der Waals surface area contributed by atoms with Crippen molar-refractivity contribution in [1.82, 2.24) is 0 Å². The van der Waals surface area contributed by atoms with Gasteiger partial charge in [-0.05, 0) is 77.0 Å². The molecule has 0 aromatic carbocycles. The third-order valence-corrected chi connectivity index (χ3v) is 10.7. The number of carbonyl (C=O) groups is 2. The van der Waals surface area contributed by atoms with Crippen molar-refractivity contribution in [1.29, 1.82) is 0 Å². The van der Waals surface area contributed by atoms with Crippen LogP contribution in [0.5, 0.6) is 0 Å². The first-order valence-electron chi connectivity index (χ1n) is 23.2. The summed E-state index contributed by atoms with van der Waals surface area (Å²) in [5.74, 6) is -2.12. The first kappa shape index (κ1) is 56.8. The number of aliphatic hydroxyl groups excluding tert-OH is 3. The number of carbonyl (C=O) groups excluding carboxylic acids is 2. The highest BCUT2D eigenvalue weighted by Gasteiger charge is 2.46. The summed E-state index contributed by atoms with van der Waals surface area (Å²) in [5.41, 5.74) is 0. The molecule has 0 amide bonds. The predicted molar refractivity (Wildman–Crippen MR) is 247 cm³/mol. The van der Waals surface area contributed by atoms with Crippen LogP contribution in [0.2, 0.25) is 0 Å². The van der Waals surface area contributed by atoms with Crippen molar-refractivity contribution < 1.29 is 56.8 Å². The first-order valence-corrected chi connectivity index (χ1v) is 24.8. The number of allylic oxidation sites excluding steroid dienone is 14. The molecule has 1 heterocycles. The van der Waals surface area contributed by atoms with Crippen LogP contribution in [-0.4, -0.2) is 96.0 Å². The number of aliphatic hydroxyl groups is 3. The maximum Gasteiger partial charge on any atom is 0.306 e. The summed E-state index contributed by atoms with van der Waals surface area (Å²) in [6, 6.07) is 0. The molecule has 1 saturated heterocycles. The van der Waals surface area contributed by atoms with Gasteiger partial charge in [0.25, 0.3) is 10.1 Å². The van der Waals surface area contributed by atoms with Crippen LogP contribution in [0, 0.1) is 0 Å². The van der Waals surface area contributed by atoms with E-state index in [1.54, 1.807) is 0 Å². The second-order valence-corrected chi connectivity index (χ2v) is 17.2. The Balaban J connectivity index is 2.51. The molecule has 4 N–H and O–H groups in total. The zero-order valence-corrected chi connectivity index (χ0v) is 38.5. The summed E-state index contributed by atoms with van der Waals surface area (Å²) in [5, 5.41) is 30.9. The molecule has 0 aromatic rings. The summed E-state index contributed by atoms with van der Waals surface area (Å²) >= 11 is 0. The lowest BCUT2D eigenvalue weighted by atomic mass is 10.00. The summed E-state index contributed by atoms with van der Waals surface area (Å²) < 4.78 is 54.0. The van der Waals surface area contributed by atoms with Crippen LogP contribution in [0.4, 0.5) is 0 Å². The lowest BCUT2D eigenvalue weighted by molar-refractivity contribution is -0.297. The Kier molecular flexibility index (Phi) is 35.1. The summed E-state index contributed by atoms with van der Waals surface area (Å²) in [6.45, 7) is 3.62. The molecular formula is C49H80O12S. The summed E-state index contributed by atoms with van der Waals surface area (Å²) in [4.78, 5) is 25.4. The molecule has 0 bridgehead atoms. The number of rotatable bonds is 37. The van der Waals surface area contributed by atoms with E-state index < -0.39 is 71.2 Å². The molecule has 1 rings (SSSR count). The van der Waals surface area contributed by atoms with E-state index in [1.165, 1.54) is 44.9 Å². The van der Waals surface area contributed by atoms with E-state index >= 15 is 0 Å². The Labute approximate surface area is 373 Å². The Hall–Kier alpha value is -3.17. The highest BCUT2D eigenvalue weighted by molar-refractivity contribution is 7.85. The maximum atomic E-state index is 12.8. The van der Waals surface area contributed by atoms with Gasteiger partial charge in [0.05, 0.1) is 6.61 Å². The van der Waals surface area contributed by atoms with Crippen molar-refractivity contribution in [2.24, 2.45) is 0 Å². The van der Waals surface area contributed by atoms with Gasteiger partial charge >= 0.3 is 11.9 Å². The second kappa shape index (κ2) is 38.3. The van der Waals surface area contributed by atoms with E-state index in [-0.39, 0.29) is 19.4 Å². The van der Waals surface area contributed by atoms with E-state index in [9.17, 15) is 37.9 Å². The van der Waals surface area contributed by atoms with Crippen molar-refractivity contribution in [2.45, 2.75) is 192 Å². The molecule has 354 valence electrons. The maximum absolute atomic E-state index is 12.8. The van der Waals surface area contributed by atoms with Crippen molar-refractivity contribution in [3.8, 4) is 0 Å². The third-order valence-electron chi connectivity index (χ3n) is 9.99. The number of esters is 2. The molecular weight excluding hydrogens is 813 g/mol. The molecule has 2 unspecified atom stereocenters. The number of hydrogen-bond acceptors (Lipinski definition) is 11. The van der Waals surface area contributed by atoms with Gasteiger partial charge in [0, 0.05) is 12.8 Å². The van der Waals surface area contributed by atoms with Crippen molar-refractivity contribution in [2.75, 3.05) is 19.0 Å². The minimum Gasteiger partial charge on any atom is -0.462 e. The minimum atomic E-state index is -4.62. The van der Waals surface area contributed by atoms with E-state index in [0.29, 0.717) is 12.8 Å². The minimum absolute atomic E-state index is 0.0874. The Morgan fingerprint density at radius 3 is 1.63 bits per heavy atom. The second-order valence-electron chi connectivity index (χ2n) is 15.7. The quantitative estimate of drug-likeness (QED) is 0.0152. The van der Waals surface area contributed by atoms with Crippen LogP contribution in [0.3, 0.4) is 0 Å². The van der Waals surface area contributed by atoms with Crippen molar-refractivity contribution in [3.63, 3.8) is 0 Å². The molecule has 0 aromatic heterocycles. The number of unbranched alkanes of at least 4 members (excludes halogenated alkanes) is 12. The van der Waals surface area contributed by atoms with Gasteiger partial charge in [0.1, 0.15) is 36.8 Å². The molecule has 0 saturated carbocycles. The van der Waals surface area contributed by atoms with Crippen molar-refractivity contribution in [3.05, 3.63) is 85.1 Å². The molecule has 1 aliphatic heterocycles. The van der Waals surface area contributed by atoms with E-state index in [0.717, 1.165) is 70.6 Å². The predicted octanol–water partition coefficient (Wildman–Crippen LogP) is 9.67. The molecule has 6 atom stereocenters. The van der Waals surface area contributed by atoms with Gasteiger partial charge in [0.2, 0.25) is 0 Å². The fourth-order valence-electron chi connectivity index (χ4n) is 6.35. The summed E-state index contributed by atoms with van der Waals surface area (Å²) in [6.07, 6.45) is 40.6. The molecule has 0 radical (unpaired) electrons. The van der Waals surface area contributed by atoms with Gasteiger partial charge in [-0.3, -0.25) is 14.1 Å². The lowest BCUT2D eigenvalue weighted by Gasteiger charge is -2.40. The van der Waals surface area contributed by atoms with Crippen LogP contribution in [0.25, 0.3) is 0 Å². The molecule has 1 aliphatic rings. The van der Waals surface area contributed by atoms with E-state index in [2.05, 4.69) is 86.8 Å². The number of hydrogen-bond donors (Lipinski definition) is 4. The molecule has 1 fully saturated rings. The molecule has 13 heteroatoms. The monoisotopic (exact) mass is 893 g/mol. The van der Waals surface area contributed by atoms with Crippen LogP contribution < -0.4 is 0 Å². The average Bonchev–Trinajstić information content (AvgIpc) is 3.24. The number of ether oxygens (including phenoxy) is 4. The summed E-state index contributed by atoms with van der Waals surface area (Å²) in [7, 11) is -4.62. The normalized spacial score (nSPS) is 20.6. The zero-order valence-electron chi connectivity index (χ0n) is 37.7. The first-order chi connectivity index (χ1) is 30.0. The van der Waals surface area contributed by atoms with Crippen LogP contribution in [0.1, 0.15) is 155 Å². The molecule has 0 aliphatic carbocycles. The third kappa shape index (κ3) is 32.5. The van der Waals surface area contributed by atoms with E-state index in [1.807, 2.05) is 12.2 Å². The van der Waals surface area contributed by atoms with Gasteiger partial charge < -0.3 is 34.3 Å². The van der Waals surface area contributed by atoms with Gasteiger partial charge in [-0.1, -0.05) is 150 Å². The van der Waals surface area contributed by atoms with Crippen LogP contribution in [-0.2, 0) is 38.7 Å². The van der Waals surface area contributed by atoms with Crippen LogP contribution in [0.15, 0.2) is 85.1 Å². The topological polar surface area (TPSA) is 186 Å². The average molecular weight is 893 g/mol. The highest BCUT2D eigenvalue weighted by atomic mass is 32.2. The Bertz CT molecular complexity index is 1460. The van der Waals surface area contributed by atoms with Gasteiger partial charge in [-0.25, -0.2) is 0 Å². The molecule has 12 nitrogen and oxygen atoms in total. The Morgan fingerprint density at radius 1 is 0.565 bits per heavy atom. The van der Waals surface area contributed by atoms with Crippen LogP contribution >= 0.6 is 0 Å². The smallest absolute Gasteiger partial charge is 0.306 e. The van der Waals surface area contributed by atoms with Gasteiger partial charge in [-0.15, -0.1) is 0 Å². The SMILES string of the molecule is CCCCC/C=C/C/C=C/C/C=C/C/C=C/C/C=C/CCC(=O)OC[C@H](CO[C@H]1O[C@H](CS(=O)(=O)O)[C@@H](O)C(O)C1O)OC(=O)CCCCCCC/C=C/C=C/CCCCCC. The van der Waals surface area contributed by atoms with Gasteiger partial charge in [0.15, 0.2) is 12.4 Å². The zero-order chi connectivity index (χ0) is 45.5. The molecule has 0 spiro atoms. The fraction of sp³-hybridized carbons (Fsp3) is 0.673. The lowest BCUT2D eigenvalue weighted by Crippen LogP contribution is -2.60. The van der Waals surface area contributed by atoms with Gasteiger partial charge in [-0.2, -0.15) is 8.42 Å². The molecule has 62 heavy (non-hydrogen) atoms. The van der Waals surface area contributed by atoms with E-state index in [4.69, 9.17) is 18.9 Å². The fourth-order valence-corrected chi connectivity index (χ4v) is 7.05.